The fourth-order valence-electron chi connectivity index (χ4n) is 2.09. The molecule has 1 amide bonds. The van der Waals surface area contributed by atoms with Gasteiger partial charge >= 0.3 is 6.09 Å². The van der Waals surface area contributed by atoms with Crippen LogP contribution in [0, 0.1) is 0 Å². The lowest BCUT2D eigenvalue weighted by Crippen LogP contribution is -2.27. The van der Waals surface area contributed by atoms with Crippen molar-refractivity contribution in [3.63, 3.8) is 0 Å². The Hall–Kier alpha value is -2.49. The van der Waals surface area contributed by atoms with E-state index in [9.17, 15) is 4.79 Å². The second-order valence-corrected chi connectivity index (χ2v) is 6.37. The van der Waals surface area contributed by atoms with Gasteiger partial charge in [0.25, 0.3) is 0 Å². The molecule has 2 rings (SSSR count). The number of anilines is 2. The summed E-state index contributed by atoms with van der Waals surface area (Å²) in [7, 11) is 0. The zero-order valence-corrected chi connectivity index (χ0v) is 13.9. The minimum absolute atomic E-state index is 0.442. The number of ether oxygens (including phenoxy) is 1. The van der Waals surface area contributed by atoms with Crippen LogP contribution in [-0.4, -0.2) is 18.2 Å². The van der Waals surface area contributed by atoms with Crippen LogP contribution in [0.5, 0.6) is 0 Å². The highest BCUT2D eigenvalue weighted by molar-refractivity contribution is 5.85. The molecule has 0 heterocycles. The molecule has 0 unspecified atom stereocenters. The number of nitrogens with one attached hydrogen (secondary N) is 2. The first kappa shape index (κ1) is 16.9. The number of amides is 1. The second kappa shape index (κ2) is 7.68. The summed E-state index contributed by atoms with van der Waals surface area (Å²) in [6, 6.07) is 18.0. The highest BCUT2D eigenvalue weighted by Gasteiger charge is 2.15. The van der Waals surface area contributed by atoms with Crippen molar-refractivity contribution in [2.45, 2.75) is 32.8 Å². The van der Waals surface area contributed by atoms with Crippen molar-refractivity contribution in [3.05, 3.63) is 60.2 Å². The van der Waals surface area contributed by atoms with Crippen molar-refractivity contribution in [2.24, 2.45) is 0 Å². The number of benzene rings is 2. The van der Waals surface area contributed by atoms with Crippen molar-refractivity contribution in [1.82, 2.24) is 0 Å². The topological polar surface area (TPSA) is 50.4 Å². The van der Waals surface area contributed by atoms with Crippen LogP contribution in [-0.2, 0) is 11.2 Å². The first-order valence-corrected chi connectivity index (χ1v) is 7.80. The first-order chi connectivity index (χ1) is 10.9. The van der Waals surface area contributed by atoms with Gasteiger partial charge in [0.1, 0.15) is 5.60 Å². The maximum Gasteiger partial charge on any atom is 0.412 e. The molecule has 0 saturated carbocycles. The van der Waals surface area contributed by atoms with Crippen molar-refractivity contribution < 1.29 is 9.53 Å². The van der Waals surface area contributed by atoms with Gasteiger partial charge in [-0.2, -0.15) is 0 Å². The standard InChI is InChI=1S/C19H24N2O2/c1-19(2,3)23-18(22)21-17-11-9-16(10-12-17)20-14-13-15-7-5-4-6-8-15/h4-12,20H,13-14H2,1-3H3,(H,21,22). The third kappa shape index (κ3) is 6.43. The largest absolute Gasteiger partial charge is 0.444 e. The van der Waals surface area contributed by atoms with Crippen LogP contribution in [0.2, 0.25) is 0 Å². The molecule has 0 bridgehead atoms. The number of hydrogen-bond acceptors (Lipinski definition) is 3. The number of hydrogen-bond donors (Lipinski definition) is 2. The fraction of sp³-hybridized carbons (Fsp3) is 0.316. The van der Waals surface area contributed by atoms with E-state index in [2.05, 4.69) is 22.8 Å². The molecule has 0 spiro atoms. The predicted octanol–water partition coefficient (Wildman–Crippen LogP) is 4.69. The fourth-order valence-corrected chi connectivity index (χ4v) is 2.09. The Bertz CT molecular complexity index is 616. The Balaban J connectivity index is 1.79. The van der Waals surface area contributed by atoms with E-state index in [4.69, 9.17) is 4.74 Å². The van der Waals surface area contributed by atoms with Gasteiger partial charge in [-0.05, 0) is 57.0 Å². The van der Waals surface area contributed by atoms with Crippen molar-refractivity contribution >= 4 is 17.5 Å². The molecule has 0 aliphatic heterocycles. The molecule has 4 nitrogen and oxygen atoms in total. The van der Waals surface area contributed by atoms with E-state index in [1.807, 2.05) is 63.2 Å². The third-order valence-corrected chi connectivity index (χ3v) is 3.12. The van der Waals surface area contributed by atoms with Gasteiger partial charge in [-0.15, -0.1) is 0 Å². The molecule has 122 valence electrons. The monoisotopic (exact) mass is 312 g/mol. The van der Waals surface area contributed by atoms with Gasteiger partial charge in [0, 0.05) is 17.9 Å². The van der Waals surface area contributed by atoms with Crippen LogP contribution >= 0.6 is 0 Å². The maximum absolute atomic E-state index is 11.7. The average molecular weight is 312 g/mol. The molecule has 0 saturated heterocycles. The van der Waals surface area contributed by atoms with Crippen molar-refractivity contribution in [2.75, 3.05) is 17.2 Å². The lowest BCUT2D eigenvalue weighted by Gasteiger charge is -2.19. The quantitative estimate of drug-likeness (QED) is 0.842. The zero-order chi connectivity index (χ0) is 16.7. The summed E-state index contributed by atoms with van der Waals surface area (Å²) in [4.78, 5) is 11.7. The number of carbonyl (C=O) groups excluding carboxylic acids is 1. The van der Waals surface area contributed by atoms with Crippen molar-refractivity contribution in [1.29, 1.82) is 0 Å². The van der Waals surface area contributed by atoms with Crippen molar-refractivity contribution in [3.8, 4) is 0 Å². The van der Waals surface area contributed by atoms with Gasteiger partial charge in [0.15, 0.2) is 0 Å². The van der Waals surface area contributed by atoms with Gasteiger partial charge < -0.3 is 10.1 Å². The molecule has 23 heavy (non-hydrogen) atoms. The maximum atomic E-state index is 11.7. The van der Waals surface area contributed by atoms with Crippen LogP contribution in [0.4, 0.5) is 16.2 Å². The van der Waals surface area contributed by atoms with Crippen LogP contribution in [0.3, 0.4) is 0 Å². The molecule has 0 atom stereocenters. The second-order valence-electron chi connectivity index (χ2n) is 6.37. The molecule has 2 N–H and O–H groups in total. The Labute approximate surface area is 137 Å². The highest BCUT2D eigenvalue weighted by atomic mass is 16.6. The molecule has 4 heteroatoms. The Kier molecular flexibility index (Phi) is 5.63. The molecule has 0 fully saturated rings. The smallest absolute Gasteiger partial charge is 0.412 e. The minimum atomic E-state index is -0.497. The van der Waals surface area contributed by atoms with E-state index < -0.39 is 11.7 Å². The summed E-state index contributed by atoms with van der Waals surface area (Å²) in [6.07, 6.45) is 0.529. The van der Waals surface area contributed by atoms with E-state index in [-0.39, 0.29) is 0 Å². The zero-order valence-electron chi connectivity index (χ0n) is 13.9. The normalized spacial score (nSPS) is 10.9. The molecule has 0 aliphatic rings. The molecule has 0 aromatic heterocycles. The van der Waals surface area contributed by atoms with E-state index in [0.29, 0.717) is 5.69 Å². The lowest BCUT2D eigenvalue weighted by atomic mass is 10.1. The molecular formula is C19H24N2O2. The van der Waals surface area contributed by atoms with Gasteiger partial charge in [0.05, 0.1) is 0 Å². The Morgan fingerprint density at radius 1 is 0.957 bits per heavy atom. The van der Waals surface area contributed by atoms with E-state index >= 15 is 0 Å². The van der Waals surface area contributed by atoms with Crippen LogP contribution < -0.4 is 10.6 Å². The number of rotatable bonds is 5. The summed E-state index contributed by atoms with van der Waals surface area (Å²) in [5, 5.41) is 6.09. The van der Waals surface area contributed by atoms with Gasteiger partial charge in [0.2, 0.25) is 0 Å². The number of carbonyl (C=O) groups is 1. The first-order valence-electron chi connectivity index (χ1n) is 7.80. The summed E-state index contributed by atoms with van der Waals surface area (Å²) in [5.74, 6) is 0. The molecule has 0 radical (unpaired) electrons. The van der Waals surface area contributed by atoms with E-state index in [1.54, 1.807) is 0 Å². The molecule has 0 aliphatic carbocycles. The van der Waals surface area contributed by atoms with Crippen LogP contribution in [0.1, 0.15) is 26.3 Å². The SMILES string of the molecule is CC(C)(C)OC(=O)Nc1ccc(NCCc2ccccc2)cc1. The average Bonchev–Trinajstić information content (AvgIpc) is 2.48. The molecule has 2 aromatic carbocycles. The third-order valence-electron chi connectivity index (χ3n) is 3.12. The highest BCUT2D eigenvalue weighted by Crippen LogP contribution is 2.15. The Morgan fingerprint density at radius 2 is 1.57 bits per heavy atom. The van der Waals surface area contributed by atoms with Crippen LogP contribution in [0.15, 0.2) is 54.6 Å². The summed E-state index contributed by atoms with van der Waals surface area (Å²) in [5.41, 5.74) is 2.55. The van der Waals surface area contributed by atoms with Gasteiger partial charge in [-0.25, -0.2) is 4.79 Å². The molecular weight excluding hydrogens is 288 g/mol. The van der Waals surface area contributed by atoms with E-state index in [1.165, 1.54) is 5.56 Å². The van der Waals surface area contributed by atoms with Crippen LogP contribution in [0.25, 0.3) is 0 Å². The van der Waals surface area contributed by atoms with Gasteiger partial charge in [-0.3, -0.25) is 5.32 Å². The molecule has 2 aromatic rings. The van der Waals surface area contributed by atoms with E-state index in [0.717, 1.165) is 18.7 Å². The Morgan fingerprint density at radius 3 is 2.17 bits per heavy atom. The summed E-state index contributed by atoms with van der Waals surface area (Å²) >= 11 is 0. The summed E-state index contributed by atoms with van der Waals surface area (Å²) in [6.45, 7) is 6.38. The lowest BCUT2D eigenvalue weighted by molar-refractivity contribution is 0.0636. The minimum Gasteiger partial charge on any atom is -0.444 e. The predicted molar refractivity (Wildman–Crippen MR) is 94.9 cm³/mol. The van der Waals surface area contributed by atoms with Gasteiger partial charge in [-0.1, -0.05) is 30.3 Å². The summed E-state index contributed by atoms with van der Waals surface area (Å²) < 4.78 is 5.22.